The van der Waals surface area contributed by atoms with Crippen molar-refractivity contribution in [3.05, 3.63) is 59.9 Å². The van der Waals surface area contributed by atoms with Gasteiger partial charge in [0, 0.05) is 47.3 Å². The lowest BCUT2D eigenvalue weighted by Gasteiger charge is -2.43. The van der Waals surface area contributed by atoms with E-state index in [1.54, 1.807) is 0 Å². The monoisotopic (exact) mass is 450 g/mol. The standard InChI is InChI=1S/C22H26F2N6O2.3H2/c1-14-2-18(25-8-15-9-29(10-15)21(11-31)12-32)7-19(3-14)27-22-26-13-30(28-22)20-5-16(23)4-17(24)6-20;;;/h2-7,13,15,21,25,31-32H,8-12H2,1H3,(H,27,28);3*1H. The Bertz CT molecular complexity index is 1060. The molecule has 0 bridgehead atoms. The first-order chi connectivity index (χ1) is 15.4. The number of likely N-dealkylation sites (tertiary alicyclic amines) is 1. The van der Waals surface area contributed by atoms with E-state index >= 15 is 0 Å². The van der Waals surface area contributed by atoms with Gasteiger partial charge in [-0.3, -0.25) is 4.90 Å². The number of rotatable bonds is 9. The fourth-order valence-corrected chi connectivity index (χ4v) is 3.79. The average molecular weight is 451 g/mol. The molecule has 0 radical (unpaired) electrons. The lowest BCUT2D eigenvalue weighted by molar-refractivity contribution is 0.00238. The number of aliphatic hydroxyl groups excluding tert-OH is 2. The van der Waals surface area contributed by atoms with Crippen molar-refractivity contribution in [2.45, 2.75) is 13.0 Å². The van der Waals surface area contributed by atoms with Crippen LogP contribution in [0.4, 0.5) is 26.1 Å². The molecule has 0 amide bonds. The first kappa shape index (κ1) is 22.1. The van der Waals surface area contributed by atoms with Gasteiger partial charge < -0.3 is 20.8 Å². The van der Waals surface area contributed by atoms with Crippen LogP contribution in [0.2, 0.25) is 0 Å². The van der Waals surface area contributed by atoms with Crippen molar-refractivity contribution in [3.63, 3.8) is 0 Å². The Labute approximate surface area is 189 Å². The summed E-state index contributed by atoms with van der Waals surface area (Å²) in [6, 6.07) is 8.91. The van der Waals surface area contributed by atoms with Crippen molar-refractivity contribution < 1.29 is 23.3 Å². The van der Waals surface area contributed by atoms with Crippen molar-refractivity contribution >= 4 is 17.3 Å². The van der Waals surface area contributed by atoms with Crippen LogP contribution in [-0.2, 0) is 0 Å². The second-order valence-corrected chi connectivity index (χ2v) is 8.07. The van der Waals surface area contributed by atoms with Gasteiger partial charge in [-0.05, 0) is 42.8 Å². The predicted molar refractivity (Wildman–Crippen MR) is 124 cm³/mol. The maximum absolute atomic E-state index is 13.5. The van der Waals surface area contributed by atoms with Crippen LogP contribution >= 0.6 is 0 Å². The van der Waals surface area contributed by atoms with E-state index in [9.17, 15) is 19.0 Å². The summed E-state index contributed by atoms with van der Waals surface area (Å²) >= 11 is 0. The minimum Gasteiger partial charge on any atom is -0.395 e. The molecular weight excluding hydrogens is 418 g/mol. The zero-order valence-corrected chi connectivity index (χ0v) is 17.7. The molecule has 2 aromatic carbocycles. The maximum atomic E-state index is 13.5. The number of aliphatic hydroxyl groups is 2. The number of nitrogens with one attached hydrogen (secondary N) is 2. The summed E-state index contributed by atoms with van der Waals surface area (Å²) in [5.74, 6) is -0.620. The lowest BCUT2D eigenvalue weighted by atomic mass is 9.97. The van der Waals surface area contributed by atoms with Gasteiger partial charge in [-0.25, -0.2) is 13.5 Å². The Hall–Kier alpha value is -3.08. The number of anilines is 3. The zero-order valence-electron chi connectivity index (χ0n) is 17.7. The number of aryl methyl sites for hydroxylation is 1. The highest BCUT2D eigenvalue weighted by Gasteiger charge is 2.31. The fourth-order valence-electron chi connectivity index (χ4n) is 3.79. The van der Waals surface area contributed by atoms with E-state index in [2.05, 4.69) is 25.6 Å². The molecule has 3 aromatic rings. The summed E-state index contributed by atoms with van der Waals surface area (Å²) in [6.45, 7) is 4.34. The predicted octanol–water partition coefficient (Wildman–Crippen LogP) is 3.03. The highest BCUT2D eigenvalue weighted by molar-refractivity contribution is 5.63. The van der Waals surface area contributed by atoms with Crippen LogP contribution < -0.4 is 10.6 Å². The third-order valence-corrected chi connectivity index (χ3v) is 5.46. The van der Waals surface area contributed by atoms with Gasteiger partial charge in [-0.15, -0.1) is 5.10 Å². The molecule has 176 valence electrons. The number of hydrogen-bond acceptors (Lipinski definition) is 7. The third kappa shape index (κ3) is 5.21. The summed E-state index contributed by atoms with van der Waals surface area (Å²) < 4.78 is 28.2. The van der Waals surface area contributed by atoms with Crippen LogP contribution in [0, 0.1) is 24.5 Å². The van der Waals surface area contributed by atoms with Crippen molar-refractivity contribution in [3.8, 4) is 5.69 Å². The fraction of sp³-hybridized carbons (Fsp3) is 0.364. The van der Waals surface area contributed by atoms with E-state index in [0.717, 1.165) is 42.6 Å². The van der Waals surface area contributed by atoms with Crippen LogP contribution in [0.5, 0.6) is 0 Å². The molecule has 10 heteroatoms. The molecule has 1 saturated heterocycles. The van der Waals surface area contributed by atoms with Gasteiger partial charge in [0.25, 0.3) is 0 Å². The molecule has 1 aliphatic heterocycles. The van der Waals surface area contributed by atoms with Crippen molar-refractivity contribution in [1.29, 1.82) is 0 Å². The van der Waals surface area contributed by atoms with Crippen molar-refractivity contribution in [1.82, 2.24) is 19.7 Å². The molecule has 0 saturated carbocycles. The van der Waals surface area contributed by atoms with E-state index in [1.165, 1.54) is 23.1 Å². The molecular formula is C22H32F2N6O2. The van der Waals surface area contributed by atoms with E-state index < -0.39 is 11.6 Å². The molecule has 4 N–H and O–H groups in total. The molecule has 8 nitrogen and oxygen atoms in total. The van der Waals surface area contributed by atoms with Gasteiger partial charge in [-0.1, -0.05) is 0 Å². The van der Waals surface area contributed by atoms with Gasteiger partial charge in [0.1, 0.15) is 18.0 Å². The van der Waals surface area contributed by atoms with Gasteiger partial charge in [-0.2, -0.15) is 4.98 Å². The SMILES string of the molecule is Cc1cc(NCC2CN(C(CO)CO)C2)cc(Nc2ncn(-c3cc(F)cc(F)c3)n2)c1.[HH].[HH].[HH]. The minimum atomic E-state index is -0.683. The van der Waals surface area contributed by atoms with E-state index in [-0.39, 0.29) is 29.2 Å². The molecule has 0 atom stereocenters. The Balaban J connectivity index is 0.00000204. The molecule has 1 aliphatic rings. The summed E-state index contributed by atoms with van der Waals surface area (Å²) in [4.78, 5) is 6.24. The minimum absolute atomic E-state index is 0. The van der Waals surface area contributed by atoms with Crippen LogP contribution in [-0.4, -0.2) is 68.8 Å². The number of halogens is 2. The summed E-state index contributed by atoms with van der Waals surface area (Å²) in [5.41, 5.74) is 3.01. The first-order valence-corrected chi connectivity index (χ1v) is 10.4. The van der Waals surface area contributed by atoms with Gasteiger partial charge in [0.2, 0.25) is 5.95 Å². The number of hydrogen-bond donors (Lipinski definition) is 4. The summed E-state index contributed by atoms with van der Waals surface area (Å²) in [7, 11) is 0. The molecule has 0 aliphatic carbocycles. The highest BCUT2D eigenvalue weighted by atomic mass is 19.1. The van der Waals surface area contributed by atoms with Gasteiger partial charge >= 0.3 is 0 Å². The van der Waals surface area contributed by atoms with Crippen LogP contribution in [0.1, 0.15) is 9.84 Å². The van der Waals surface area contributed by atoms with Crippen LogP contribution in [0.3, 0.4) is 0 Å². The van der Waals surface area contributed by atoms with Crippen LogP contribution in [0.15, 0.2) is 42.7 Å². The first-order valence-electron chi connectivity index (χ1n) is 10.4. The molecule has 0 spiro atoms. The molecule has 32 heavy (non-hydrogen) atoms. The summed E-state index contributed by atoms with van der Waals surface area (Å²) in [5, 5.41) is 29.3. The topological polar surface area (TPSA) is 98.5 Å². The molecule has 0 unspecified atom stereocenters. The largest absolute Gasteiger partial charge is 0.395 e. The normalized spacial score (nSPS) is 14.6. The Morgan fingerprint density at radius 1 is 1.06 bits per heavy atom. The number of nitrogens with zero attached hydrogens (tertiary/aromatic N) is 4. The smallest absolute Gasteiger partial charge is 0.246 e. The Kier molecular flexibility index (Phi) is 6.63. The van der Waals surface area contributed by atoms with Gasteiger partial charge in [0.15, 0.2) is 0 Å². The third-order valence-electron chi connectivity index (χ3n) is 5.46. The number of benzene rings is 2. The highest BCUT2D eigenvalue weighted by Crippen LogP contribution is 2.24. The Morgan fingerprint density at radius 2 is 1.75 bits per heavy atom. The van der Waals surface area contributed by atoms with E-state index in [0.29, 0.717) is 11.9 Å². The quantitative estimate of drug-likeness (QED) is 0.398. The van der Waals surface area contributed by atoms with Crippen LogP contribution in [0.25, 0.3) is 5.69 Å². The number of aromatic nitrogens is 3. The van der Waals surface area contributed by atoms with E-state index in [4.69, 9.17) is 0 Å². The molecule has 1 fully saturated rings. The zero-order chi connectivity index (χ0) is 22.7. The lowest BCUT2D eigenvalue weighted by Crippen LogP contribution is -2.56. The Morgan fingerprint density at radius 3 is 2.44 bits per heavy atom. The van der Waals surface area contributed by atoms with Gasteiger partial charge in [0.05, 0.1) is 24.9 Å². The molecule has 4 rings (SSSR count). The second kappa shape index (κ2) is 9.60. The molecule has 1 aromatic heterocycles. The summed E-state index contributed by atoms with van der Waals surface area (Å²) in [6.07, 6.45) is 1.39. The van der Waals surface area contributed by atoms with Crippen molar-refractivity contribution in [2.75, 3.05) is 43.5 Å². The average Bonchev–Trinajstić information content (AvgIpc) is 3.17. The molecule has 2 heterocycles. The van der Waals surface area contributed by atoms with E-state index in [1.807, 2.05) is 25.1 Å². The second-order valence-electron chi connectivity index (χ2n) is 8.07. The van der Waals surface area contributed by atoms with Crippen molar-refractivity contribution in [2.24, 2.45) is 5.92 Å². The maximum Gasteiger partial charge on any atom is 0.246 e.